The van der Waals surface area contributed by atoms with Crippen LogP contribution in [0, 0.1) is 0 Å². The average Bonchev–Trinajstić information content (AvgIpc) is 3.16. The lowest BCUT2D eigenvalue weighted by molar-refractivity contribution is -0.147. The molecule has 1 aromatic heterocycles. The predicted octanol–water partition coefficient (Wildman–Crippen LogP) is -0.347. The van der Waals surface area contributed by atoms with Crippen LogP contribution in [-0.4, -0.2) is 77.5 Å². The molecule has 3 heterocycles. The summed E-state index contributed by atoms with van der Waals surface area (Å²) in [5.74, 6) is -0.791. The number of nitrogens with zero attached hydrogens (tertiary/aromatic N) is 5. The first-order valence-electron chi connectivity index (χ1n) is 9.25. The average molecular weight is 442 g/mol. The standard InChI is InChI=1S/C16H23N7O4S2/c1-2-3-5-18-10(24)4-6-22-16(19-20-21-22)29-8-9-7-28-14-11(17)13(25)23(14)12(9)15(26)27/h11,14H,2-8,17H2,1H3,(H,18,24)(H,26,27)/t11?,14-/m1/s1. The van der Waals surface area contributed by atoms with Crippen LogP contribution in [0.2, 0.25) is 0 Å². The van der Waals surface area contributed by atoms with Gasteiger partial charge in [0.25, 0.3) is 0 Å². The van der Waals surface area contributed by atoms with Gasteiger partial charge < -0.3 is 16.2 Å². The van der Waals surface area contributed by atoms with E-state index in [1.54, 1.807) is 0 Å². The Morgan fingerprint density at radius 2 is 2.24 bits per heavy atom. The molecule has 3 rings (SSSR count). The van der Waals surface area contributed by atoms with Crippen LogP contribution in [0.25, 0.3) is 0 Å². The Morgan fingerprint density at radius 3 is 2.97 bits per heavy atom. The van der Waals surface area contributed by atoms with Gasteiger partial charge in [-0.2, -0.15) is 0 Å². The van der Waals surface area contributed by atoms with Gasteiger partial charge in [0, 0.05) is 24.5 Å². The highest BCUT2D eigenvalue weighted by Gasteiger charge is 2.51. The van der Waals surface area contributed by atoms with Crippen molar-refractivity contribution < 1.29 is 19.5 Å². The largest absolute Gasteiger partial charge is 0.477 e. The first kappa shape index (κ1) is 21.6. The van der Waals surface area contributed by atoms with Crippen LogP contribution in [0.5, 0.6) is 0 Å². The Labute approximate surface area is 175 Å². The molecule has 0 aromatic carbocycles. The van der Waals surface area contributed by atoms with Crippen molar-refractivity contribution in [2.75, 3.05) is 18.1 Å². The maximum Gasteiger partial charge on any atom is 0.352 e. The van der Waals surface area contributed by atoms with Gasteiger partial charge >= 0.3 is 5.97 Å². The number of hydrogen-bond donors (Lipinski definition) is 3. The van der Waals surface area contributed by atoms with E-state index in [2.05, 4.69) is 27.8 Å². The van der Waals surface area contributed by atoms with Crippen LogP contribution in [0.3, 0.4) is 0 Å². The fourth-order valence-electron chi connectivity index (χ4n) is 2.98. The molecule has 2 atom stereocenters. The van der Waals surface area contributed by atoms with Crippen LogP contribution in [0.1, 0.15) is 26.2 Å². The monoisotopic (exact) mass is 441 g/mol. The van der Waals surface area contributed by atoms with Crippen LogP contribution in [0.15, 0.2) is 16.4 Å². The Kier molecular flexibility index (Phi) is 7.14. The quantitative estimate of drug-likeness (QED) is 0.249. The van der Waals surface area contributed by atoms with E-state index in [4.69, 9.17) is 5.73 Å². The van der Waals surface area contributed by atoms with Crippen molar-refractivity contribution in [3.63, 3.8) is 0 Å². The van der Waals surface area contributed by atoms with E-state index in [9.17, 15) is 19.5 Å². The maximum atomic E-state index is 12.0. The number of carboxylic acids is 1. The molecule has 11 nitrogen and oxygen atoms in total. The van der Waals surface area contributed by atoms with Gasteiger partial charge in [0.15, 0.2) is 0 Å². The number of aryl methyl sites for hydroxylation is 1. The zero-order chi connectivity index (χ0) is 21.0. The van der Waals surface area contributed by atoms with Gasteiger partial charge in [-0.05, 0) is 22.4 Å². The molecule has 1 aromatic rings. The summed E-state index contributed by atoms with van der Waals surface area (Å²) in [4.78, 5) is 36.8. The molecule has 1 unspecified atom stereocenters. The molecular formula is C16H23N7O4S2. The number of tetrazole rings is 1. The van der Waals surface area contributed by atoms with Crippen LogP contribution in [-0.2, 0) is 20.9 Å². The number of unbranched alkanes of at least 4 members (excludes halogenated alkanes) is 1. The van der Waals surface area contributed by atoms with E-state index in [1.165, 1.54) is 33.1 Å². The predicted molar refractivity (Wildman–Crippen MR) is 107 cm³/mol. The highest BCUT2D eigenvalue weighted by molar-refractivity contribution is 8.01. The van der Waals surface area contributed by atoms with E-state index in [0.717, 1.165) is 12.8 Å². The number of carboxylic acid groups (broad SMARTS) is 1. The van der Waals surface area contributed by atoms with Crippen molar-refractivity contribution in [2.45, 2.75) is 49.3 Å². The van der Waals surface area contributed by atoms with Crippen molar-refractivity contribution in [2.24, 2.45) is 5.73 Å². The minimum atomic E-state index is -1.14. The van der Waals surface area contributed by atoms with Crippen LogP contribution < -0.4 is 11.1 Å². The third kappa shape index (κ3) is 4.73. The Bertz CT molecular complexity index is 828. The Hall–Kier alpha value is -2.12. The number of nitrogens with two attached hydrogens (primary N) is 1. The SMILES string of the molecule is CCCCNC(=O)CCn1nnnc1SCC1=C(C(=O)O)N2C(=O)C(N)[C@H]2SC1. The highest BCUT2D eigenvalue weighted by Crippen LogP contribution is 2.40. The molecule has 29 heavy (non-hydrogen) atoms. The lowest BCUT2D eigenvalue weighted by atomic mass is 10.0. The van der Waals surface area contributed by atoms with E-state index in [1.807, 2.05) is 0 Å². The number of carbonyl (C=O) groups is 3. The molecule has 1 fully saturated rings. The van der Waals surface area contributed by atoms with E-state index < -0.39 is 12.0 Å². The third-order valence-electron chi connectivity index (χ3n) is 4.57. The molecule has 0 saturated carbocycles. The molecule has 2 aliphatic heterocycles. The van der Waals surface area contributed by atoms with Crippen molar-refractivity contribution in [3.05, 3.63) is 11.3 Å². The molecular weight excluding hydrogens is 418 g/mol. The minimum Gasteiger partial charge on any atom is -0.477 e. The summed E-state index contributed by atoms with van der Waals surface area (Å²) < 4.78 is 1.52. The normalized spacial score (nSPS) is 21.0. The van der Waals surface area contributed by atoms with Gasteiger partial charge in [0.1, 0.15) is 17.1 Å². The molecule has 0 bridgehead atoms. The number of carbonyl (C=O) groups excluding carboxylic acids is 2. The lowest BCUT2D eigenvalue weighted by Crippen LogP contribution is -2.68. The van der Waals surface area contributed by atoms with Crippen molar-refractivity contribution in [1.82, 2.24) is 30.4 Å². The summed E-state index contributed by atoms with van der Waals surface area (Å²) in [6.45, 7) is 3.03. The molecule has 0 radical (unpaired) electrons. The number of rotatable bonds is 10. The van der Waals surface area contributed by atoms with Crippen molar-refractivity contribution in [1.29, 1.82) is 0 Å². The fraction of sp³-hybridized carbons (Fsp3) is 0.625. The van der Waals surface area contributed by atoms with Gasteiger partial charge in [-0.15, -0.1) is 16.9 Å². The second-order valence-electron chi connectivity index (χ2n) is 6.62. The van der Waals surface area contributed by atoms with Gasteiger partial charge in [0.2, 0.25) is 17.0 Å². The summed E-state index contributed by atoms with van der Waals surface area (Å²) in [7, 11) is 0. The topological polar surface area (TPSA) is 156 Å². The summed E-state index contributed by atoms with van der Waals surface area (Å²) in [5.41, 5.74) is 6.38. The summed E-state index contributed by atoms with van der Waals surface area (Å²) >= 11 is 2.73. The molecule has 4 N–H and O–H groups in total. The number of β-lactam (4-membered cyclic amide) rings is 1. The Morgan fingerprint density at radius 1 is 1.45 bits per heavy atom. The van der Waals surface area contributed by atoms with Gasteiger partial charge in [-0.25, -0.2) is 9.48 Å². The second-order valence-corrected chi connectivity index (χ2v) is 8.67. The number of amides is 2. The maximum absolute atomic E-state index is 12.0. The number of aliphatic carboxylic acids is 1. The Balaban J connectivity index is 1.60. The molecule has 0 aliphatic carbocycles. The van der Waals surface area contributed by atoms with Crippen LogP contribution >= 0.6 is 23.5 Å². The molecule has 0 spiro atoms. The van der Waals surface area contributed by atoms with Gasteiger partial charge in [0.05, 0.1) is 6.54 Å². The molecule has 158 valence electrons. The second kappa shape index (κ2) is 9.59. The first-order valence-corrected chi connectivity index (χ1v) is 11.3. The summed E-state index contributed by atoms with van der Waals surface area (Å²) in [6, 6.07) is -0.653. The van der Waals surface area contributed by atoms with Gasteiger partial charge in [-0.1, -0.05) is 25.1 Å². The molecule has 1 saturated heterocycles. The van der Waals surface area contributed by atoms with Crippen molar-refractivity contribution in [3.8, 4) is 0 Å². The summed E-state index contributed by atoms with van der Waals surface area (Å²) in [6.07, 6.45) is 2.20. The smallest absolute Gasteiger partial charge is 0.352 e. The van der Waals surface area contributed by atoms with E-state index in [0.29, 0.717) is 35.3 Å². The number of nitrogens with one attached hydrogen (secondary N) is 1. The van der Waals surface area contributed by atoms with Crippen LogP contribution in [0.4, 0.5) is 0 Å². The molecule has 13 heteroatoms. The fourth-order valence-corrected chi connectivity index (χ4v) is 5.32. The number of thioether (sulfide) groups is 2. The minimum absolute atomic E-state index is 0.00211. The van der Waals surface area contributed by atoms with E-state index >= 15 is 0 Å². The van der Waals surface area contributed by atoms with Gasteiger partial charge in [-0.3, -0.25) is 14.5 Å². The number of fused-ring (bicyclic) bond motifs is 1. The zero-order valence-electron chi connectivity index (χ0n) is 15.9. The number of aromatic nitrogens is 4. The summed E-state index contributed by atoms with van der Waals surface area (Å²) in [5, 5.41) is 24.1. The first-order chi connectivity index (χ1) is 13.9. The van der Waals surface area contributed by atoms with Crippen molar-refractivity contribution >= 4 is 41.3 Å². The highest BCUT2D eigenvalue weighted by atomic mass is 32.2. The lowest BCUT2D eigenvalue weighted by Gasteiger charge is -2.48. The third-order valence-corrected chi connectivity index (χ3v) is 6.97. The zero-order valence-corrected chi connectivity index (χ0v) is 17.5. The number of hydrogen-bond acceptors (Lipinski definition) is 9. The molecule has 2 aliphatic rings. The molecule has 2 amide bonds. The van der Waals surface area contributed by atoms with E-state index in [-0.39, 0.29) is 29.3 Å².